The van der Waals surface area contributed by atoms with Gasteiger partial charge in [-0.15, -0.1) is 0 Å². The zero-order chi connectivity index (χ0) is 31.6. The van der Waals surface area contributed by atoms with Crippen molar-refractivity contribution in [2.75, 3.05) is 6.54 Å². The number of nitrogens with zero attached hydrogens (tertiary/aromatic N) is 2. The van der Waals surface area contributed by atoms with Gasteiger partial charge in [0.1, 0.15) is 24.2 Å². The van der Waals surface area contributed by atoms with Crippen molar-refractivity contribution in [3.63, 3.8) is 0 Å². The molecule has 3 aliphatic rings. The molecule has 1 saturated heterocycles. The van der Waals surface area contributed by atoms with Crippen molar-refractivity contribution in [2.45, 2.75) is 97.4 Å². The molecule has 1 aromatic heterocycles. The molecule has 5 bridgehead atoms. The summed E-state index contributed by atoms with van der Waals surface area (Å²) >= 11 is 0. The van der Waals surface area contributed by atoms with E-state index in [0.29, 0.717) is 43.8 Å². The SMILES string of the molecule is CC(C)[C@@H]1NC(=O)[C@]2(/C=C/c3ccc4ccc(nc4c3)[C@@H](C)OC(=O)[C@@H]3CCCN(N3)C(=O)[C@H](C)NC1=O)CC[C@@H](C)CC2. The smallest absolute Gasteiger partial charge is 0.325 e. The van der Waals surface area contributed by atoms with Gasteiger partial charge in [0.15, 0.2) is 0 Å². The molecule has 3 amide bonds. The van der Waals surface area contributed by atoms with Crippen LogP contribution >= 0.6 is 0 Å². The van der Waals surface area contributed by atoms with Crippen molar-refractivity contribution in [3.8, 4) is 0 Å². The van der Waals surface area contributed by atoms with Crippen molar-refractivity contribution in [2.24, 2.45) is 17.3 Å². The van der Waals surface area contributed by atoms with Gasteiger partial charge in [0.05, 0.1) is 16.6 Å². The number of esters is 1. The van der Waals surface area contributed by atoms with Gasteiger partial charge in [0, 0.05) is 11.9 Å². The lowest BCUT2D eigenvalue weighted by Gasteiger charge is -2.37. The van der Waals surface area contributed by atoms with Gasteiger partial charge in [-0.2, -0.15) is 0 Å². The Balaban J connectivity index is 1.53. The normalized spacial score (nSPS) is 31.5. The molecule has 4 atom stereocenters. The Hall–Kier alpha value is -3.79. The van der Waals surface area contributed by atoms with Gasteiger partial charge < -0.3 is 15.4 Å². The van der Waals surface area contributed by atoms with E-state index in [-0.39, 0.29) is 17.7 Å². The summed E-state index contributed by atoms with van der Waals surface area (Å²) in [6.07, 6.45) is 7.65. The minimum Gasteiger partial charge on any atom is -0.455 e. The zero-order valence-electron chi connectivity index (χ0n) is 26.4. The van der Waals surface area contributed by atoms with Crippen LogP contribution in [0.3, 0.4) is 0 Å². The first kappa shape index (κ1) is 31.6. The summed E-state index contributed by atoms with van der Waals surface area (Å²) in [5.41, 5.74) is 4.52. The molecule has 44 heavy (non-hydrogen) atoms. The summed E-state index contributed by atoms with van der Waals surface area (Å²) in [7, 11) is 0. The van der Waals surface area contributed by atoms with E-state index in [4.69, 9.17) is 9.72 Å². The van der Waals surface area contributed by atoms with E-state index >= 15 is 0 Å². The van der Waals surface area contributed by atoms with Gasteiger partial charge in [-0.05, 0) is 81.9 Å². The summed E-state index contributed by atoms with van der Waals surface area (Å²) in [5.74, 6) is -1.11. The van der Waals surface area contributed by atoms with Crippen molar-refractivity contribution in [1.82, 2.24) is 26.1 Å². The van der Waals surface area contributed by atoms with Crippen molar-refractivity contribution < 1.29 is 23.9 Å². The number of amides is 3. The van der Waals surface area contributed by atoms with Crippen LogP contribution < -0.4 is 16.1 Å². The predicted octanol–water partition coefficient (Wildman–Crippen LogP) is 4.20. The quantitative estimate of drug-likeness (QED) is 0.417. The number of carbonyl (C=O) groups is 4. The molecule has 2 aliphatic heterocycles. The molecule has 3 heterocycles. The Bertz CT molecular complexity index is 1450. The predicted molar refractivity (Wildman–Crippen MR) is 168 cm³/mol. The molecule has 3 N–H and O–H groups in total. The summed E-state index contributed by atoms with van der Waals surface area (Å²) in [6.45, 7) is 9.75. The number of rotatable bonds is 1. The van der Waals surface area contributed by atoms with Crippen LogP contribution in [0, 0.1) is 17.3 Å². The van der Waals surface area contributed by atoms with E-state index < -0.39 is 41.5 Å². The maximum atomic E-state index is 14.1. The number of nitrogens with one attached hydrogen (secondary N) is 3. The minimum atomic E-state index is -0.873. The third-order valence-corrected chi connectivity index (χ3v) is 9.36. The lowest BCUT2D eigenvalue weighted by Crippen LogP contribution is -2.61. The number of ether oxygens (including phenoxy) is 1. The second kappa shape index (κ2) is 13.1. The first-order valence-electron chi connectivity index (χ1n) is 15.9. The fraction of sp³-hybridized carbons (Fsp3) is 0.559. The highest BCUT2D eigenvalue weighted by Gasteiger charge is 2.41. The van der Waals surface area contributed by atoms with Crippen LogP contribution in [-0.2, 0) is 23.9 Å². The molecule has 1 aliphatic carbocycles. The molecule has 1 saturated carbocycles. The average Bonchev–Trinajstić information content (AvgIpc) is 3.01. The third kappa shape index (κ3) is 6.80. The number of cyclic esters (lactones) is 1. The topological polar surface area (TPSA) is 130 Å². The molecule has 1 spiro atoms. The van der Waals surface area contributed by atoms with Crippen LogP contribution in [0.2, 0.25) is 0 Å². The van der Waals surface area contributed by atoms with E-state index in [0.717, 1.165) is 29.3 Å². The van der Waals surface area contributed by atoms with E-state index in [1.54, 1.807) is 13.8 Å². The monoisotopic (exact) mass is 603 g/mol. The van der Waals surface area contributed by atoms with Crippen molar-refractivity contribution in [3.05, 3.63) is 47.7 Å². The largest absolute Gasteiger partial charge is 0.455 e. The molecule has 5 rings (SSSR count). The number of hydrazine groups is 1. The van der Waals surface area contributed by atoms with E-state index in [1.807, 2.05) is 56.3 Å². The van der Waals surface area contributed by atoms with Gasteiger partial charge in [-0.3, -0.25) is 24.2 Å². The van der Waals surface area contributed by atoms with Crippen LogP contribution in [0.4, 0.5) is 0 Å². The maximum absolute atomic E-state index is 14.1. The van der Waals surface area contributed by atoms with Gasteiger partial charge in [0.2, 0.25) is 11.8 Å². The lowest BCUT2D eigenvalue weighted by atomic mass is 9.69. The zero-order valence-corrected chi connectivity index (χ0v) is 26.4. The van der Waals surface area contributed by atoms with Crippen molar-refractivity contribution >= 4 is 40.7 Å². The minimum absolute atomic E-state index is 0.175. The van der Waals surface area contributed by atoms with Crippen LogP contribution in [0.1, 0.15) is 90.5 Å². The average molecular weight is 604 g/mol. The Labute approximate surface area is 259 Å². The highest BCUT2D eigenvalue weighted by atomic mass is 16.5. The molecule has 10 nitrogen and oxygen atoms in total. The third-order valence-electron chi connectivity index (χ3n) is 9.36. The number of fused-ring (bicyclic) bond motifs is 4. The lowest BCUT2D eigenvalue weighted by molar-refractivity contribution is -0.157. The Morgan fingerprint density at radius 3 is 2.43 bits per heavy atom. The van der Waals surface area contributed by atoms with Crippen LogP contribution in [0.25, 0.3) is 17.0 Å². The Morgan fingerprint density at radius 1 is 0.977 bits per heavy atom. The van der Waals surface area contributed by atoms with Gasteiger partial charge in [-0.1, -0.05) is 51.1 Å². The van der Waals surface area contributed by atoms with Gasteiger partial charge in [0.25, 0.3) is 5.91 Å². The second-order valence-corrected chi connectivity index (χ2v) is 13.2. The highest BCUT2D eigenvalue weighted by molar-refractivity contribution is 5.94. The van der Waals surface area contributed by atoms with E-state index in [1.165, 1.54) is 5.01 Å². The number of pyridine rings is 1. The fourth-order valence-electron chi connectivity index (χ4n) is 6.33. The molecule has 2 fully saturated rings. The van der Waals surface area contributed by atoms with Crippen molar-refractivity contribution in [1.29, 1.82) is 0 Å². The van der Waals surface area contributed by atoms with Gasteiger partial charge in [-0.25, -0.2) is 10.4 Å². The van der Waals surface area contributed by atoms with E-state index in [9.17, 15) is 19.2 Å². The van der Waals surface area contributed by atoms with Crippen LogP contribution in [-0.4, -0.2) is 58.4 Å². The maximum Gasteiger partial charge on any atom is 0.325 e. The number of benzene rings is 1. The molecular formula is C34H45N5O5. The first-order valence-corrected chi connectivity index (χ1v) is 15.9. The Morgan fingerprint density at radius 2 is 1.70 bits per heavy atom. The summed E-state index contributed by atoms with van der Waals surface area (Å²) < 4.78 is 5.80. The fourth-order valence-corrected chi connectivity index (χ4v) is 6.33. The molecular weight excluding hydrogens is 558 g/mol. The molecule has 1 aromatic carbocycles. The highest BCUT2D eigenvalue weighted by Crippen LogP contribution is 2.41. The molecule has 236 valence electrons. The molecule has 0 radical (unpaired) electrons. The number of hydrogen-bond donors (Lipinski definition) is 3. The van der Waals surface area contributed by atoms with Crippen LogP contribution in [0.15, 0.2) is 36.4 Å². The number of aromatic nitrogens is 1. The standard InChI is InChI=1S/C34H45N5O5/c1-20(2)29-30(40)35-22(4)31(41)39-18-6-7-27(38-39)32(42)44-23(5)26-11-10-25-9-8-24(19-28(25)36-26)14-17-34(33(43)37-29)15-12-21(3)13-16-34/h8-11,14,17,19-23,27,29,38H,6-7,12-13,15-16,18H2,1-5H3,(H,35,40)(H,37,43)/b17-14+/t21-,22-,23+,27-,29-,34-/m0/s1. The molecule has 10 heteroatoms. The summed E-state index contributed by atoms with van der Waals surface area (Å²) in [5, 5.41) is 8.20. The number of carbonyl (C=O) groups excluding carboxylic acids is 4. The molecule has 0 unspecified atom stereocenters. The second-order valence-electron chi connectivity index (χ2n) is 13.2. The van der Waals surface area contributed by atoms with Crippen LogP contribution in [0.5, 0.6) is 0 Å². The summed E-state index contributed by atoms with van der Waals surface area (Å²) in [4.78, 5) is 58.9. The first-order chi connectivity index (χ1) is 21.0. The molecule has 2 aromatic rings. The summed E-state index contributed by atoms with van der Waals surface area (Å²) in [6, 6.07) is 7.38. The van der Waals surface area contributed by atoms with E-state index in [2.05, 4.69) is 23.0 Å². The number of hydrogen-bond acceptors (Lipinski definition) is 7. The Kier molecular flexibility index (Phi) is 9.39. The van der Waals surface area contributed by atoms with Gasteiger partial charge >= 0.3 is 5.97 Å².